The Morgan fingerprint density at radius 1 is 1.37 bits per heavy atom. The van der Waals surface area contributed by atoms with Crippen molar-refractivity contribution in [2.45, 2.75) is 32.8 Å². The van der Waals surface area contributed by atoms with Gasteiger partial charge in [-0.1, -0.05) is 15.9 Å². The SMILES string of the molecule is CC(C)(C)OC(=O)N1CCC(=O)c2ccc(Br)cc21. The molecule has 1 aromatic carbocycles. The lowest BCUT2D eigenvalue weighted by atomic mass is 10.0. The number of amides is 1. The van der Waals surface area contributed by atoms with Crippen LogP contribution in [0.4, 0.5) is 10.5 Å². The van der Waals surface area contributed by atoms with E-state index >= 15 is 0 Å². The molecule has 0 aliphatic carbocycles. The van der Waals surface area contributed by atoms with Crippen molar-refractivity contribution in [3.8, 4) is 0 Å². The molecule has 0 saturated carbocycles. The number of ketones is 1. The zero-order chi connectivity index (χ0) is 14.2. The molecular weight excluding hydrogens is 310 g/mol. The second-order valence-electron chi connectivity index (χ2n) is 5.47. The average Bonchev–Trinajstić information content (AvgIpc) is 2.26. The van der Waals surface area contributed by atoms with Crippen LogP contribution < -0.4 is 4.90 Å². The minimum atomic E-state index is -0.551. The Morgan fingerprint density at radius 2 is 2.05 bits per heavy atom. The zero-order valence-electron chi connectivity index (χ0n) is 11.2. The molecule has 0 spiro atoms. The van der Waals surface area contributed by atoms with Crippen LogP contribution in [0.25, 0.3) is 0 Å². The fourth-order valence-corrected chi connectivity index (χ4v) is 2.29. The molecule has 0 atom stereocenters. The van der Waals surface area contributed by atoms with Crippen molar-refractivity contribution >= 4 is 33.5 Å². The fraction of sp³-hybridized carbons (Fsp3) is 0.429. The number of hydrogen-bond acceptors (Lipinski definition) is 3. The predicted octanol–water partition coefficient (Wildman–Crippen LogP) is 3.78. The topological polar surface area (TPSA) is 46.6 Å². The summed E-state index contributed by atoms with van der Waals surface area (Å²) < 4.78 is 6.20. The Labute approximate surface area is 120 Å². The van der Waals surface area contributed by atoms with Gasteiger partial charge in [-0.3, -0.25) is 9.69 Å². The number of benzene rings is 1. The summed E-state index contributed by atoms with van der Waals surface area (Å²) in [7, 11) is 0. The van der Waals surface area contributed by atoms with E-state index in [0.29, 0.717) is 24.2 Å². The molecule has 102 valence electrons. The Hall–Kier alpha value is -1.36. The summed E-state index contributed by atoms with van der Waals surface area (Å²) >= 11 is 3.36. The molecule has 4 nitrogen and oxygen atoms in total. The Bertz CT molecular complexity index is 534. The molecule has 0 radical (unpaired) electrons. The van der Waals surface area contributed by atoms with Gasteiger partial charge in [-0.15, -0.1) is 0 Å². The lowest BCUT2D eigenvalue weighted by molar-refractivity contribution is 0.0577. The van der Waals surface area contributed by atoms with E-state index in [-0.39, 0.29) is 5.78 Å². The van der Waals surface area contributed by atoms with Gasteiger partial charge in [0, 0.05) is 23.0 Å². The van der Waals surface area contributed by atoms with Gasteiger partial charge >= 0.3 is 6.09 Å². The van der Waals surface area contributed by atoms with Crippen LogP contribution in [0, 0.1) is 0 Å². The van der Waals surface area contributed by atoms with E-state index < -0.39 is 11.7 Å². The van der Waals surface area contributed by atoms with Gasteiger partial charge in [0.25, 0.3) is 0 Å². The van der Waals surface area contributed by atoms with Gasteiger partial charge in [0.15, 0.2) is 5.78 Å². The Balaban J connectivity index is 2.35. The van der Waals surface area contributed by atoms with Gasteiger partial charge in [-0.2, -0.15) is 0 Å². The molecule has 2 rings (SSSR count). The van der Waals surface area contributed by atoms with Crippen LogP contribution in [-0.2, 0) is 4.74 Å². The van der Waals surface area contributed by atoms with Gasteiger partial charge < -0.3 is 4.74 Å². The maximum atomic E-state index is 12.2. The van der Waals surface area contributed by atoms with E-state index in [1.807, 2.05) is 20.8 Å². The van der Waals surface area contributed by atoms with Gasteiger partial charge in [0.05, 0.1) is 5.69 Å². The van der Waals surface area contributed by atoms with E-state index in [9.17, 15) is 9.59 Å². The molecule has 1 aromatic rings. The summed E-state index contributed by atoms with van der Waals surface area (Å²) in [5, 5.41) is 0. The van der Waals surface area contributed by atoms with Crippen molar-refractivity contribution in [3.05, 3.63) is 28.2 Å². The number of carbonyl (C=O) groups is 2. The first-order chi connectivity index (χ1) is 8.78. The van der Waals surface area contributed by atoms with E-state index in [0.717, 1.165) is 4.47 Å². The number of halogens is 1. The molecule has 0 aromatic heterocycles. The first-order valence-corrected chi connectivity index (χ1v) is 6.90. The van der Waals surface area contributed by atoms with Crippen LogP contribution in [0.15, 0.2) is 22.7 Å². The third-order valence-corrected chi connectivity index (χ3v) is 3.22. The number of anilines is 1. The maximum absolute atomic E-state index is 12.2. The first kappa shape index (κ1) is 14.1. The highest BCUT2D eigenvalue weighted by molar-refractivity contribution is 9.10. The molecule has 0 saturated heterocycles. The molecule has 0 N–H and O–H groups in total. The van der Waals surface area contributed by atoms with Crippen LogP contribution in [0.3, 0.4) is 0 Å². The first-order valence-electron chi connectivity index (χ1n) is 6.11. The fourth-order valence-electron chi connectivity index (χ4n) is 1.94. The quantitative estimate of drug-likeness (QED) is 0.729. The van der Waals surface area contributed by atoms with Crippen LogP contribution in [0.5, 0.6) is 0 Å². The van der Waals surface area contributed by atoms with Crippen molar-refractivity contribution in [3.63, 3.8) is 0 Å². The lowest BCUT2D eigenvalue weighted by Gasteiger charge is -2.31. The molecule has 0 bridgehead atoms. The number of nitrogens with zero attached hydrogens (tertiary/aromatic N) is 1. The van der Waals surface area contributed by atoms with Gasteiger partial charge in [0.2, 0.25) is 0 Å². The van der Waals surface area contributed by atoms with Crippen molar-refractivity contribution in [2.75, 3.05) is 11.4 Å². The molecular formula is C14H16BrNO3. The van der Waals surface area contributed by atoms with Gasteiger partial charge in [0.1, 0.15) is 5.60 Å². The smallest absolute Gasteiger partial charge is 0.414 e. The minimum Gasteiger partial charge on any atom is -0.443 e. The van der Waals surface area contributed by atoms with Gasteiger partial charge in [-0.05, 0) is 39.0 Å². The average molecular weight is 326 g/mol. The summed E-state index contributed by atoms with van der Waals surface area (Å²) in [4.78, 5) is 25.5. The molecule has 0 unspecified atom stereocenters. The third kappa shape index (κ3) is 3.15. The van der Waals surface area contributed by atoms with Crippen molar-refractivity contribution in [1.29, 1.82) is 0 Å². The molecule has 1 heterocycles. The summed E-state index contributed by atoms with van der Waals surface area (Å²) in [5.74, 6) is 0.0577. The van der Waals surface area contributed by atoms with E-state index in [1.54, 1.807) is 18.2 Å². The summed E-state index contributed by atoms with van der Waals surface area (Å²) in [6.45, 7) is 5.82. The zero-order valence-corrected chi connectivity index (χ0v) is 12.8. The third-order valence-electron chi connectivity index (χ3n) is 2.73. The normalized spacial score (nSPS) is 15.2. The maximum Gasteiger partial charge on any atom is 0.414 e. The summed E-state index contributed by atoms with van der Waals surface area (Å²) in [6.07, 6.45) is -0.0900. The molecule has 1 amide bonds. The number of Topliss-reactive ketones (excluding diaryl/α,β-unsaturated/α-hetero) is 1. The number of carbonyl (C=O) groups excluding carboxylic acids is 2. The Morgan fingerprint density at radius 3 is 2.68 bits per heavy atom. The summed E-state index contributed by atoms with van der Waals surface area (Å²) in [5.41, 5.74) is 0.630. The molecule has 19 heavy (non-hydrogen) atoms. The highest BCUT2D eigenvalue weighted by Gasteiger charge is 2.30. The van der Waals surface area contributed by atoms with Gasteiger partial charge in [-0.25, -0.2) is 4.79 Å². The minimum absolute atomic E-state index is 0.0577. The summed E-state index contributed by atoms with van der Waals surface area (Å²) in [6, 6.07) is 5.31. The number of ether oxygens (including phenoxy) is 1. The van der Waals surface area contributed by atoms with Crippen molar-refractivity contribution in [1.82, 2.24) is 0 Å². The van der Waals surface area contributed by atoms with Crippen LogP contribution in [0.2, 0.25) is 0 Å². The van der Waals surface area contributed by atoms with E-state index in [1.165, 1.54) is 4.90 Å². The van der Waals surface area contributed by atoms with Crippen LogP contribution in [0.1, 0.15) is 37.6 Å². The molecule has 1 aliphatic heterocycles. The monoisotopic (exact) mass is 325 g/mol. The van der Waals surface area contributed by atoms with E-state index in [4.69, 9.17) is 4.74 Å². The van der Waals surface area contributed by atoms with Crippen LogP contribution in [-0.4, -0.2) is 24.0 Å². The number of fused-ring (bicyclic) bond motifs is 1. The van der Waals surface area contributed by atoms with Crippen LogP contribution >= 0.6 is 15.9 Å². The largest absolute Gasteiger partial charge is 0.443 e. The standard InChI is InChI=1S/C14H16BrNO3/c1-14(2,3)19-13(18)16-7-6-12(17)10-5-4-9(15)8-11(10)16/h4-5,8H,6-7H2,1-3H3. The van der Waals surface area contributed by atoms with Crippen molar-refractivity contribution < 1.29 is 14.3 Å². The second kappa shape index (κ2) is 4.96. The molecule has 1 aliphatic rings. The Kier molecular flexibility index (Phi) is 3.67. The second-order valence-corrected chi connectivity index (χ2v) is 6.38. The molecule has 0 fully saturated rings. The lowest BCUT2D eigenvalue weighted by Crippen LogP contribution is -2.41. The molecule has 5 heteroatoms. The highest BCUT2D eigenvalue weighted by atomic mass is 79.9. The van der Waals surface area contributed by atoms with Crippen molar-refractivity contribution in [2.24, 2.45) is 0 Å². The predicted molar refractivity (Wildman–Crippen MR) is 76.7 cm³/mol. The van der Waals surface area contributed by atoms with E-state index in [2.05, 4.69) is 15.9 Å². The highest BCUT2D eigenvalue weighted by Crippen LogP contribution is 2.31. The number of rotatable bonds is 0. The number of hydrogen-bond donors (Lipinski definition) is 0.